The van der Waals surface area contributed by atoms with Crippen LogP contribution in [-0.4, -0.2) is 50.6 Å². The molecule has 3 atom stereocenters. The molecule has 2 aliphatic heterocycles. The number of carbonyl (C=O) groups is 1. The minimum absolute atomic E-state index is 0.274. The van der Waals surface area contributed by atoms with Gasteiger partial charge >= 0.3 is 5.69 Å². The Kier molecular flexibility index (Phi) is 4.91. The number of hydrogen-bond acceptors (Lipinski definition) is 3. The van der Waals surface area contributed by atoms with Gasteiger partial charge in [-0.3, -0.25) is 9.36 Å². The highest BCUT2D eigenvalue weighted by atomic mass is 19.2. The van der Waals surface area contributed by atoms with E-state index >= 15 is 0 Å². The summed E-state index contributed by atoms with van der Waals surface area (Å²) in [5.41, 5.74) is -1.00. The van der Waals surface area contributed by atoms with Gasteiger partial charge < -0.3 is 4.90 Å². The first-order chi connectivity index (χ1) is 13.8. The molecule has 0 spiro atoms. The van der Waals surface area contributed by atoms with E-state index < -0.39 is 54.0 Å². The Bertz CT molecular complexity index is 1010. The molecule has 2 aliphatic rings. The molecule has 156 valence electrons. The van der Waals surface area contributed by atoms with E-state index in [9.17, 15) is 31.5 Å². The van der Waals surface area contributed by atoms with Gasteiger partial charge in [0.1, 0.15) is 17.7 Å². The molecule has 1 aromatic heterocycles. The van der Waals surface area contributed by atoms with E-state index in [0.717, 1.165) is 14.1 Å². The number of amides is 1. The van der Waals surface area contributed by atoms with Gasteiger partial charge in [-0.1, -0.05) is 0 Å². The average molecular weight is 416 g/mol. The van der Waals surface area contributed by atoms with Gasteiger partial charge in [0, 0.05) is 18.1 Å². The lowest BCUT2D eigenvalue weighted by Gasteiger charge is -2.26. The maximum atomic E-state index is 13.9. The Labute approximate surface area is 161 Å². The summed E-state index contributed by atoms with van der Waals surface area (Å²) in [6.07, 6.45) is -2.33. The summed E-state index contributed by atoms with van der Waals surface area (Å²) < 4.78 is 69.4. The highest BCUT2D eigenvalue weighted by Crippen LogP contribution is 2.27. The summed E-state index contributed by atoms with van der Waals surface area (Å²) in [6, 6.07) is 0.0596. The standard InChI is InChI=1S/C18H17F5N4O2/c19-10-5-12(21)11(20)4-9(10)6-26-18(29)27-15(2-1-3-16(27)24-26)17(28)25-7-13(22)14(23)8-25/h4-5,13-15H,1-3,6-8H2. The summed E-state index contributed by atoms with van der Waals surface area (Å²) in [5, 5.41) is 4.09. The fraction of sp³-hybridized carbons (Fsp3) is 0.500. The number of carbonyl (C=O) groups excluding carboxylic acids is 1. The molecular formula is C18H17F5N4O2. The summed E-state index contributed by atoms with van der Waals surface area (Å²) in [5.74, 6) is -3.95. The molecular weight excluding hydrogens is 399 g/mol. The van der Waals surface area contributed by atoms with E-state index in [1.807, 2.05) is 0 Å². The lowest BCUT2D eigenvalue weighted by atomic mass is 10.0. The summed E-state index contributed by atoms with van der Waals surface area (Å²) in [7, 11) is 0. The molecule has 3 heterocycles. The van der Waals surface area contributed by atoms with Crippen LogP contribution in [0.25, 0.3) is 0 Å². The first kappa shape index (κ1) is 19.6. The van der Waals surface area contributed by atoms with Crippen LogP contribution < -0.4 is 5.69 Å². The number of benzene rings is 1. The predicted molar refractivity (Wildman–Crippen MR) is 90.3 cm³/mol. The van der Waals surface area contributed by atoms with E-state index in [1.165, 1.54) is 0 Å². The summed E-state index contributed by atoms with van der Waals surface area (Å²) in [4.78, 5) is 26.6. The van der Waals surface area contributed by atoms with Crippen molar-refractivity contribution < 1.29 is 26.7 Å². The molecule has 1 amide bonds. The lowest BCUT2D eigenvalue weighted by Crippen LogP contribution is -2.42. The minimum atomic E-state index is -1.77. The molecule has 0 radical (unpaired) electrons. The zero-order valence-corrected chi connectivity index (χ0v) is 15.1. The predicted octanol–water partition coefficient (Wildman–Crippen LogP) is 1.91. The van der Waals surface area contributed by atoms with Crippen molar-refractivity contribution >= 4 is 5.91 Å². The van der Waals surface area contributed by atoms with Gasteiger partial charge in [0.05, 0.1) is 19.6 Å². The van der Waals surface area contributed by atoms with Crippen LogP contribution in [0.4, 0.5) is 22.0 Å². The molecule has 4 rings (SSSR count). The maximum absolute atomic E-state index is 13.9. The van der Waals surface area contributed by atoms with Crippen molar-refractivity contribution in [2.24, 2.45) is 0 Å². The van der Waals surface area contributed by atoms with Gasteiger partial charge in [0.25, 0.3) is 0 Å². The minimum Gasteiger partial charge on any atom is -0.335 e. The van der Waals surface area contributed by atoms with Crippen LogP contribution in [0.2, 0.25) is 0 Å². The van der Waals surface area contributed by atoms with Crippen LogP contribution in [0.5, 0.6) is 0 Å². The Morgan fingerprint density at radius 2 is 1.72 bits per heavy atom. The second-order valence-electron chi connectivity index (χ2n) is 7.27. The number of halogens is 5. The summed E-state index contributed by atoms with van der Waals surface area (Å²) >= 11 is 0. The second-order valence-corrected chi connectivity index (χ2v) is 7.27. The number of rotatable bonds is 3. The first-order valence-electron chi connectivity index (χ1n) is 9.15. The van der Waals surface area contributed by atoms with E-state index in [4.69, 9.17) is 0 Å². The molecule has 0 bridgehead atoms. The van der Waals surface area contributed by atoms with Gasteiger partial charge in [0.2, 0.25) is 5.91 Å². The number of fused-ring (bicyclic) bond motifs is 1. The van der Waals surface area contributed by atoms with Crippen LogP contribution in [0.15, 0.2) is 16.9 Å². The normalized spacial score (nSPS) is 24.0. The van der Waals surface area contributed by atoms with Crippen molar-refractivity contribution in [2.75, 3.05) is 13.1 Å². The largest absolute Gasteiger partial charge is 0.346 e. The van der Waals surface area contributed by atoms with Crippen LogP contribution in [0.1, 0.15) is 30.3 Å². The SMILES string of the molecule is O=C(C1CCCc2nn(Cc3cc(F)c(F)cc3F)c(=O)n21)N1CC(F)C(F)C1. The third-order valence-corrected chi connectivity index (χ3v) is 5.32. The van der Waals surface area contributed by atoms with Crippen molar-refractivity contribution in [3.63, 3.8) is 0 Å². The van der Waals surface area contributed by atoms with E-state index in [0.29, 0.717) is 31.4 Å². The van der Waals surface area contributed by atoms with Crippen molar-refractivity contribution in [2.45, 2.75) is 44.2 Å². The maximum Gasteiger partial charge on any atom is 0.346 e. The van der Waals surface area contributed by atoms with E-state index in [2.05, 4.69) is 5.10 Å². The van der Waals surface area contributed by atoms with Gasteiger partial charge in [0.15, 0.2) is 24.0 Å². The van der Waals surface area contributed by atoms with Crippen LogP contribution >= 0.6 is 0 Å². The second kappa shape index (κ2) is 7.27. The molecule has 0 N–H and O–H groups in total. The topological polar surface area (TPSA) is 60.1 Å². The number of alkyl halides is 2. The Morgan fingerprint density at radius 1 is 1.07 bits per heavy atom. The van der Waals surface area contributed by atoms with Gasteiger partial charge in [-0.2, -0.15) is 5.10 Å². The third kappa shape index (κ3) is 3.42. The van der Waals surface area contributed by atoms with Crippen LogP contribution in [0, 0.1) is 17.5 Å². The molecule has 11 heteroatoms. The zero-order chi connectivity index (χ0) is 20.9. The number of hydrogen-bond donors (Lipinski definition) is 0. The van der Waals surface area contributed by atoms with Crippen molar-refractivity contribution in [3.8, 4) is 0 Å². The fourth-order valence-electron chi connectivity index (χ4n) is 3.83. The molecule has 0 saturated carbocycles. The molecule has 1 aromatic carbocycles. The van der Waals surface area contributed by atoms with E-state index in [-0.39, 0.29) is 24.5 Å². The monoisotopic (exact) mass is 416 g/mol. The molecule has 2 aromatic rings. The number of nitrogens with zero attached hydrogens (tertiary/aromatic N) is 4. The van der Waals surface area contributed by atoms with E-state index in [1.54, 1.807) is 0 Å². The van der Waals surface area contributed by atoms with Gasteiger partial charge in [-0.05, 0) is 18.9 Å². The highest BCUT2D eigenvalue weighted by Gasteiger charge is 2.40. The molecule has 0 aliphatic carbocycles. The lowest BCUT2D eigenvalue weighted by molar-refractivity contribution is -0.134. The molecule has 1 saturated heterocycles. The Morgan fingerprint density at radius 3 is 2.41 bits per heavy atom. The molecule has 6 nitrogen and oxygen atoms in total. The quantitative estimate of drug-likeness (QED) is 0.568. The average Bonchev–Trinajstić information content (AvgIpc) is 3.18. The summed E-state index contributed by atoms with van der Waals surface area (Å²) in [6.45, 7) is -1.21. The Balaban J connectivity index is 1.64. The zero-order valence-electron chi connectivity index (χ0n) is 15.1. The van der Waals surface area contributed by atoms with Crippen molar-refractivity contribution in [3.05, 3.63) is 51.5 Å². The first-order valence-corrected chi connectivity index (χ1v) is 9.15. The highest BCUT2D eigenvalue weighted by molar-refractivity contribution is 5.81. The number of aromatic nitrogens is 3. The molecule has 1 fully saturated rings. The van der Waals surface area contributed by atoms with Crippen LogP contribution in [-0.2, 0) is 17.8 Å². The van der Waals surface area contributed by atoms with Gasteiger partial charge in [-0.25, -0.2) is 31.4 Å². The molecule has 3 unspecified atom stereocenters. The number of aryl methyl sites for hydroxylation is 1. The van der Waals surface area contributed by atoms with Gasteiger partial charge in [-0.15, -0.1) is 0 Å². The van der Waals surface area contributed by atoms with Crippen molar-refractivity contribution in [1.82, 2.24) is 19.2 Å². The Hall–Kier alpha value is -2.72. The smallest absolute Gasteiger partial charge is 0.335 e. The molecule has 29 heavy (non-hydrogen) atoms. The number of likely N-dealkylation sites (tertiary alicyclic amines) is 1. The fourth-order valence-corrected chi connectivity index (χ4v) is 3.83. The van der Waals surface area contributed by atoms with Crippen LogP contribution in [0.3, 0.4) is 0 Å². The third-order valence-electron chi connectivity index (χ3n) is 5.32. The van der Waals surface area contributed by atoms with Crippen molar-refractivity contribution in [1.29, 1.82) is 0 Å².